The van der Waals surface area contributed by atoms with E-state index < -0.39 is 17.6 Å². The molecule has 1 aromatic carbocycles. The van der Waals surface area contributed by atoms with E-state index in [1.165, 1.54) is 6.07 Å². The summed E-state index contributed by atoms with van der Waals surface area (Å²) in [6.45, 7) is 4.54. The fraction of sp³-hybridized carbons (Fsp3) is 0.600. The first-order valence-electron chi connectivity index (χ1n) is 7.22. The van der Waals surface area contributed by atoms with Crippen LogP contribution in [0.2, 0.25) is 0 Å². The van der Waals surface area contributed by atoms with Crippen molar-refractivity contribution < 1.29 is 17.6 Å². The van der Waals surface area contributed by atoms with Crippen LogP contribution in [0.5, 0.6) is 0 Å². The number of piperidine rings is 1. The SMILES string of the molecule is CCN(Cc1ccc(F)cc1C(F)(F)F)C1CCCNC1. The maximum absolute atomic E-state index is 13.1. The van der Waals surface area contributed by atoms with Gasteiger partial charge < -0.3 is 5.32 Å². The molecule has 0 aliphatic carbocycles. The van der Waals surface area contributed by atoms with Crippen molar-refractivity contribution in [3.05, 3.63) is 35.1 Å². The Labute approximate surface area is 122 Å². The van der Waals surface area contributed by atoms with Crippen molar-refractivity contribution in [2.75, 3.05) is 19.6 Å². The molecule has 1 unspecified atom stereocenters. The second-order valence-corrected chi connectivity index (χ2v) is 5.36. The normalized spacial score (nSPS) is 20.0. The van der Waals surface area contributed by atoms with Gasteiger partial charge in [0.25, 0.3) is 0 Å². The van der Waals surface area contributed by atoms with E-state index >= 15 is 0 Å². The second-order valence-electron chi connectivity index (χ2n) is 5.36. The van der Waals surface area contributed by atoms with Gasteiger partial charge in [-0.25, -0.2) is 4.39 Å². The monoisotopic (exact) mass is 304 g/mol. The molecule has 1 aromatic rings. The van der Waals surface area contributed by atoms with Gasteiger partial charge in [-0.2, -0.15) is 13.2 Å². The Balaban J connectivity index is 2.20. The Morgan fingerprint density at radius 3 is 2.67 bits per heavy atom. The predicted octanol–water partition coefficient (Wildman–Crippen LogP) is 3.42. The average Bonchev–Trinajstić information content (AvgIpc) is 2.46. The molecular formula is C15H20F4N2. The van der Waals surface area contributed by atoms with E-state index in [0.717, 1.165) is 32.0 Å². The molecule has 1 fully saturated rings. The summed E-state index contributed by atoms with van der Waals surface area (Å²) in [4.78, 5) is 2.02. The zero-order valence-corrected chi connectivity index (χ0v) is 12.0. The van der Waals surface area contributed by atoms with Crippen LogP contribution in [0.25, 0.3) is 0 Å². The van der Waals surface area contributed by atoms with Crippen molar-refractivity contribution >= 4 is 0 Å². The lowest BCUT2D eigenvalue weighted by molar-refractivity contribution is -0.138. The molecule has 2 nitrogen and oxygen atoms in total. The zero-order chi connectivity index (χ0) is 15.5. The molecule has 1 heterocycles. The standard InChI is InChI=1S/C15H20F4N2/c1-2-21(13-4-3-7-20-9-13)10-11-5-6-12(16)8-14(11)15(17,18)19/h5-6,8,13,20H,2-4,7,9-10H2,1H3. The highest BCUT2D eigenvalue weighted by molar-refractivity contribution is 5.30. The van der Waals surface area contributed by atoms with Crippen molar-refractivity contribution in [2.45, 2.75) is 38.5 Å². The van der Waals surface area contributed by atoms with E-state index in [9.17, 15) is 17.6 Å². The number of halogens is 4. The third kappa shape index (κ3) is 4.17. The van der Waals surface area contributed by atoms with Gasteiger partial charge in [-0.15, -0.1) is 0 Å². The lowest BCUT2D eigenvalue weighted by Crippen LogP contribution is -2.45. The summed E-state index contributed by atoms with van der Waals surface area (Å²) in [5.74, 6) is -0.853. The fourth-order valence-electron chi connectivity index (χ4n) is 2.81. The minimum atomic E-state index is -4.53. The fourth-order valence-corrected chi connectivity index (χ4v) is 2.81. The largest absolute Gasteiger partial charge is 0.416 e. The highest BCUT2D eigenvalue weighted by atomic mass is 19.4. The lowest BCUT2D eigenvalue weighted by atomic mass is 10.0. The van der Waals surface area contributed by atoms with Gasteiger partial charge in [0.15, 0.2) is 0 Å². The van der Waals surface area contributed by atoms with E-state index in [1.54, 1.807) is 0 Å². The first-order chi connectivity index (χ1) is 9.91. The molecule has 0 radical (unpaired) electrons. The first kappa shape index (κ1) is 16.2. The van der Waals surface area contributed by atoms with Crippen LogP contribution in [0.1, 0.15) is 30.9 Å². The first-order valence-corrected chi connectivity index (χ1v) is 7.22. The van der Waals surface area contributed by atoms with Crippen LogP contribution in [-0.2, 0) is 12.7 Å². The molecular weight excluding hydrogens is 284 g/mol. The summed E-state index contributed by atoms with van der Waals surface area (Å²) in [6.07, 6.45) is -2.53. The molecule has 0 bridgehead atoms. The Morgan fingerprint density at radius 1 is 1.33 bits per heavy atom. The van der Waals surface area contributed by atoms with Crippen LogP contribution in [-0.4, -0.2) is 30.6 Å². The smallest absolute Gasteiger partial charge is 0.315 e. The molecule has 1 aliphatic heterocycles. The molecule has 0 saturated carbocycles. The van der Waals surface area contributed by atoms with Crippen LogP contribution in [0.15, 0.2) is 18.2 Å². The number of nitrogens with zero attached hydrogens (tertiary/aromatic N) is 1. The van der Waals surface area contributed by atoms with Crippen molar-refractivity contribution in [3.63, 3.8) is 0 Å². The van der Waals surface area contributed by atoms with Crippen molar-refractivity contribution in [1.82, 2.24) is 10.2 Å². The zero-order valence-electron chi connectivity index (χ0n) is 12.0. The number of hydrogen-bond donors (Lipinski definition) is 1. The number of nitrogens with one attached hydrogen (secondary N) is 1. The van der Waals surface area contributed by atoms with Gasteiger partial charge in [-0.1, -0.05) is 13.0 Å². The van der Waals surface area contributed by atoms with E-state index in [4.69, 9.17) is 0 Å². The van der Waals surface area contributed by atoms with Gasteiger partial charge in [0, 0.05) is 19.1 Å². The van der Waals surface area contributed by atoms with Crippen molar-refractivity contribution in [1.29, 1.82) is 0 Å². The summed E-state index contributed by atoms with van der Waals surface area (Å²) >= 11 is 0. The van der Waals surface area contributed by atoms with Crippen molar-refractivity contribution in [2.24, 2.45) is 0 Å². The van der Waals surface area contributed by atoms with Crippen LogP contribution in [0.3, 0.4) is 0 Å². The van der Waals surface area contributed by atoms with Gasteiger partial charge in [-0.05, 0) is 43.6 Å². The van der Waals surface area contributed by atoms with Gasteiger partial charge in [0.05, 0.1) is 5.56 Å². The van der Waals surface area contributed by atoms with Crippen LogP contribution in [0.4, 0.5) is 17.6 Å². The number of rotatable bonds is 4. The number of alkyl halides is 3. The van der Waals surface area contributed by atoms with E-state index in [0.29, 0.717) is 12.6 Å². The Morgan fingerprint density at radius 2 is 2.10 bits per heavy atom. The molecule has 0 amide bonds. The molecule has 1 atom stereocenters. The summed E-state index contributed by atoms with van der Waals surface area (Å²) in [5.41, 5.74) is -0.735. The van der Waals surface area contributed by atoms with E-state index in [1.807, 2.05) is 11.8 Å². The molecule has 118 valence electrons. The molecule has 6 heteroatoms. The van der Waals surface area contributed by atoms with E-state index in [-0.39, 0.29) is 18.2 Å². The van der Waals surface area contributed by atoms with E-state index in [2.05, 4.69) is 5.32 Å². The molecule has 0 spiro atoms. The second kappa shape index (κ2) is 6.75. The van der Waals surface area contributed by atoms with Crippen molar-refractivity contribution in [3.8, 4) is 0 Å². The highest BCUT2D eigenvalue weighted by Gasteiger charge is 2.34. The molecule has 2 rings (SSSR count). The van der Waals surface area contributed by atoms with Gasteiger partial charge >= 0.3 is 6.18 Å². The summed E-state index contributed by atoms with van der Waals surface area (Å²) in [7, 11) is 0. The number of benzene rings is 1. The third-order valence-corrected chi connectivity index (χ3v) is 3.94. The summed E-state index contributed by atoms with van der Waals surface area (Å²) in [5, 5.41) is 3.27. The molecule has 1 N–H and O–H groups in total. The molecule has 1 saturated heterocycles. The van der Waals surface area contributed by atoms with Gasteiger partial charge in [-0.3, -0.25) is 4.90 Å². The third-order valence-electron chi connectivity index (χ3n) is 3.94. The van der Waals surface area contributed by atoms with Crippen LogP contribution in [0, 0.1) is 5.82 Å². The highest BCUT2D eigenvalue weighted by Crippen LogP contribution is 2.33. The molecule has 21 heavy (non-hydrogen) atoms. The number of likely N-dealkylation sites (N-methyl/N-ethyl adjacent to an activating group) is 1. The van der Waals surface area contributed by atoms with Gasteiger partial charge in [0.1, 0.15) is 5.82 Å². The minimum Gasteiger partial charge on any atom is -0.315 e. The minimum absolute atomic E-state index is 0.135. The summed E-state index contributed by atoms with van der Waals surface area (Å²) < 4.78 is 52.2. The van der Waals surface area contributed by atoms with Crippen LogP contribution < -0.4 is 5.32 Å². The molecule has 1 aliphatic rings. The predicted molar refractivity (Wildman–Crippen MR) is 73.4 cm³/mol. The quantitative estimate of drug-likeness (QED) is 0.858. The topological polar surface area (TPSA) is 15.3 Å². The Kier molecular flexibility index (Phi) is 5.22. The van der Waals surface area contributed by atoms with Crippen LogP contribution >= 0.6 is 0 Å². The average molecular weight is 304 g/mol. The number of hydrogen-bond acceptors (Lipinski definition) is 2. The lowest BCUT2D eigenvalue weighted by Gasteiger charge is -2.34. The Bertz CT molecular complexity index is 467. The Hall–Kier alpha value is -1.14. The summed E-state index contributed by atoms with van der Waals surface area (Å²) in [6, 6.07) is 3.16. The maximum Gasteiger partial charge on any atom is 0.416 e. The maximum atomic E-state index is 13.1. The molecule has 0 aromatic heterocycles. The van der Waals surface area contributed by atoms with Gasteiger partial charge in [0.2, 0.25) is 0 Å².